The summed E-state index contributed by atoms with van der Waals surface area (Å²) in [6.45, 7) is 9.29. The summed E-state index contributed by atoms with van der Waals surface area (Å²) in [5.74, 6) is 1.13. The molecule has 1 aliphatic carbocycles. The zero-order valence-corrected chi connectivity index (χ0v) is 19.1. The molecule has 5 aliphatic heterocycles. The van der Waals surface area contributed by atoms with Crippen molar-refractivity contribution in [3.05, 3.63) is 35.0 Å². The number of carbonyl (C=O) groups excluding carboxylic acids is 2. The lowest BCUT2D eigenvalue weighted by Gasteiger charge is -2.64. The van der Waals surface area contributed by atoms with Crippen LogP contribution in [0.1, 0.15) is 63.8 Å². The van der Waals surface area contributed by atoms with Crippen molar-refractivity contribution in [3.8, 4) is 5.75 Å². The Morgan fingerprint density at radius 2 is 1.97 bits per heavy atom. The molecule has 32 heavy (non-hydrogen) atoms. The second-order valence-corrected chi connectivity index (χ2v) is 11.6. The van der Waals surface area contributed by atoms with E-state index in [2.05, 4.69) is 56.2 Å². The number of H-pyrrole nitrogens is 1. The number of nitrogens with zero attached hydrogens (tertiary/aromatic N) is 1. The Hall–Kier alpha value is -2.76. The topological polar surface area (TPSA) is 74.4 Å². The summed E-state index contributed by atoms with van der Waals surface area (Å²) in [5, 5.41) is 4.41. The molecule has 166 valence electrons. The lowest BCUT2D eigenvalue weighted by atomic mass is 9.51. The molecular weight excluding hydrogens is 402 g/mol. The highest BCUT2D eigenvalue weighted by Gasteiger charge is 2.72. The largest absolute Gasteiger partial charge is 0.483 e. The Morgan fingerprint density at radius 1 is 1.16 bits per heavy atom. The molecule has 1 unspecified atom stereocenters. The van der Waals surface area contributed by atoms with Gasteiger partial charge in [0, 0.05) is 40.9 Å². The van der Waals surface area contributed by atoms with Crippen LogP contribution < -0.4 is 10.1 Å². The smallest absolute Gasteiger partial charge is 0.249 e. The summed E-state index contributed by atoms with van der Waals surface area (Å²) >= 11 is 0. The van der Waals surface area contributed by atoms with Gasteiger partial charge in [-0.2, -0.15) is 0 Å². The summed E-state index contributed by atoms with van der Waals surface area (Å²) < 4.78 is 6.21. The number of aromatic amines is 1. The second-order valence-electron chi connectivity index (χ2n) is 11.6. The number of amides is 2. The van der Waals surface area contributed by atoms with E-state index in [4.69, 9.17) is 4.74 Å². The van der Waals surface area contributed by atoms with Crippen molar-refractivity contribution in [1.29, 1.82) is 0 Å². The standard InChI is InChI=1S/C26H29N3O3/c1-23(2)10-8-15-17(32-23)7-6-14-16-12-26-18(24(3,4)20(16)27-19(14)15)13-25(21(30)28-26)9-5-11-29(25)22(26)31/h6-8,10,18,27H,5,9,11-13H2,1-4H3,(H,28,30)/t18?,25-,26-/m0/s1. The van der Waals surface area contributed by atoms with E-state index in [1.165, 1.54) is 5.69 Å². The number of hydrogen-bond donors (Lipinski definition) is 2. The maximum Gasteiger partial charge on any atom is 0.249 e. The second kappa shape index (κ2) is 5.24. The summed E-state index contributed by atoms with van der Waals surface area (Å²) in [7, 11) is 0. The third kappa shape index (κ3) is 1.90. The van der Waals surface area contributed by atoms with Crippen LogP contribution in [0.5, 0.6) is 5.75 Å². The van der Waals surface area contributed by atoms with Crippen LogP contribution in [0.25, 0.3) is 17.0 Å². The Kier molecular flexibility index (Phi) is 3.07. The predicted octanol–water partition coefficient (Wildman–Crippen LogP) is 3.44. The summed E-state index contributed by atoms with van der Waals surface area (Å²) in [6, 6.07) is 4.16. The lowest BCUT2D eigenvalue weighted by molar-refractivity contribution is -0.179. The fraction of sp³-hybridized carbons (Fsp3) is 0.538. The number of fused-ring (bicyclic) bond motifs is 6. The molecule has 6 aliphatic rings. The molecule has 0 radical (unpaired) electrons. The van der Waals surface area contributed by atoms with Crippen LogP contribution in [0.15, 0.2) is 18.2 Å². The fourth-order valence-corrected chi connectivity index (χ4v) is 7.56. The van der Waals surface area contributed by atoms with Crippen LogP contribution in [0.2, 0.25) is 0 Å². The molecule has 2 aromatic rings. The van der Waals surface area contributed by atoms with Gasteiger partial charge in [-0.1, -0.05) is 13.8 Å². The van der Waals surface area contributed by atoms with Crippen molar-refractivity contribution in [3.63, 3.8) is 0 Å². The van der Waals surface area contributed by atoms with Crippen LogP contribution in [-0.4, -0.2) is 44.9 Å². The SMILES string of the molecule is CC1(C)C=Cc2c(ccc3c4c([nH]c23)C(C)(C)C2C[C@]35CCCN3C(=O)[C@@]2(C4)NC5=O)O1. The summed E-state index contributed by atoms with van der Waals surface area (Å²) in [5.41, 5.74) is 2.38. The van der Waals surface area contributed by atoms with Gasteiger partial charge in [0.1, 0.15) is 22.4 Å². The molecule has 8 rings (SSSR count). The molecule has 0 saturated carbocycles. The zero-order chi connectivity index (χ0) is 22.3. The van der Waals surface area contributed by atoms with Gasteiger partial charge in [-0.3, -0.25) is 9.59 Å². The quantitative estimate of drug-likeness (QED) is 0.671. The first-order chi connectivity index (χ1) is 15.1. The van der Waals surface area contributed by atoms with Crippen molar-refractivity contribution in [2.24, 2.45) is 5.92 Å². The van der Waals surface area contributed by atoms with E-state index in [0.717, 1.165) is 47.0 Å². The fourth-order valence-electron chi connectivity index (χ4n) is 7.56. The van der Waals surface area contributed by atoms with E-state index in [0.29, 0.717) is 13.0 Å². The molecule has 2 bridgehead atoms. The van der Waals surface area contributed by atoms with E-state index in [9.17, 15) is 9.59 Å². The number of carbonyl (C=O) groups is 2. The maximum absolute atomic E-state index is 13.9. The van der Waals surface area contributed by atoms with E-state index < -0.39 is 11.1 Å². The summed E-state index contributed by atoms with van der Waals surface area (Å²) in [4.78, 5) is 32.9. The highest BCUT2D eigenvalue weighted by Crippen LogP contribution is 2.59. The molecule has 4 saturated heterocycles. The number of hydrogen-bond acceptors (Lipinski definition) is 3. The average Bonchev–Trinajstić information content (AvgIpc) is 3.32. The highest BCUT2D eigenvalue weighted by molar-refractivity contribution is 6.06. The minimum atomic E-state index is -0.848. The summed E-state index contributed by atoms with van der Waals surface area (Å²) in [6.07, 6.45) is 7.22. The number of benzene rings is 1. The molecule has 2 amide bonds. The first-order valence-electron chi connectivity index (χ1n) is 11.8. The first kappa shape index (κ1) is 18.8. The molecule has 4 fully saturated rings. The number of piperidine rings is 2. The zero-order valence-electron chi connectivity index (χ0n) is 19.1. The third-order valence-electron chi connectivity index (χ3n) is 9.09. The van der Waals surface area contributed by atoms with Crippen LogP contribution in [0.3, 0.4) is 0 Å². The molecule has 2 spiro atoms. The van der Waals surface area contributed by atoms with Crippen molar-refractivity contribution in [1.82, 2.24) is 15.2 Å². The Bertz CT molecular complexity index is 1280. The number of aromatic nitrogens is 1. The molecule has 1 aromatic heterocycles. The van der Waals surface area contributed by atoms with E-state index in [1.54, 1.807) is 0 Å². The van der Waals surface area contributed by atoms with Gasteiger partial charge in [0.2, 0.25) is 11.8 Å². The van der Waals surface area contributed by atoms with E-state index >= 15 is 0 Å². The maximum atomic E-state index is 13.9. The van der Waals surface area contributed by atoms with Gasteiger partial charge in [0.15, 0.2) is 0 Å². The minimum absolute atomic E-state index is 0.0564. The number of piperazine rings is 1. The molecule has 3 atom stereocenters. The van der Waals surface area contributed by atoms with E-state index in [-0.39, 0.29) is 28.7 Å². The molecule has 2 N–H and O–H groups in total. The van der Waals surface area contributed by atoms with Crippen LogP contribution in [0.4, 0.5) is 0 Å². The molecule has 6 nitrogen and oxygen atoms in total. The van der Waals surface area contributed by atoms with Crippen molar-refractivity contribution < 1.29 is 14.3 Å². The van der Waals surface area contributed by atoms with Gasteiger partial charge >= 0.3 is 0 Å². The highest BCUT2D eigenvalue weighted by atomic mass is 16.5. The molecule has 6 heteroatoms. The molecule has 1 aromatic carbocycles. The van der Waals surface area contributed by atoms with Gasteiger partial charge in [0.05, 0.1) is 5.52 Å². The van der Waals surface area contributed by atoms with Gasteiger partial charge in [-0.05, 0) is 63.0 Å². The van der Waals surface area contributed by atoms with Crippen LogP contribution in [0, 0.1) is 5.92 Å². The first-order valence-corrected chi connectivity index (χ1v) is 11.8. The Balaban J connectivity index is 1.46. The van der Waals surface area contributed by atoms with Gasteiger partial charge in [0.25, 0.3) is 0 Å². The third-order valence-corrected chi connectivity index (χ3v) is 9.09. The molecular formula is C26H29N3O3. The Morgan fingerprint density at radius 3 is 2.78 bits per heavy atom. The average molecular weight is 432 g/mol. The van der Waals surface area contributed by atoms with E-state index in [1.807, 2.05) is 11.0 Å². The number of ether oxygens (including phenoxy) is 1. The van der Waals surface area contributed by atoms with Gasteiger partial charge < -0.3 is 19.9 Å². The lowest BCUT2D eigenvalue weighted by Crippen LogP contribution is -2.84. The van der Waals surface area contributed by atoms with Crippen molar-refractivity contribution >= 4 is 28.8 Å². The normalized spacial score (nSPS) is 35.1. The number of rotatable bonds is 0. The van der Waals surface area contributed by atoms with Gasteiger partial charge in [-0.25, -0.2) is 0 Å². The monoisotopic (exact) mass is 431 g/mol. The van der Waals surface area contributed by atoms with Crippen LogP contribution >= 0.6 is 0 Å². The minimum Gasteiger partial charge on any atom is -0.483 e. The van der Waals surface area contributed by atoms with Crippen molar-refractivity contribution in [2.45, 2.75) is 75.5 Å². The predicted molar refractivity (Wildman–Crippen MR) is 121 cm³/mol. The Labute approximate surface area is 187 Å². The van der Waals surface area contributed by atoms with Crippen LogP contribution in [-0.2, 0) is 21.4 Å². The number of nitrogens with one attached hydrogen (secondary N) is 2. The van der Waals surface area contributed by atoms with Gasteiger partial charge in [-0.15, -0.1) is 0 Å². The van der Waals surface area contributed by atoms with Crippen molar-refractivity contribution in [2.75, 3.05) is 6.54 Å². The molecule has 6 heterocycles.